The molecule has 2 aromatic rings. The predicted octanol–water partition coefficient (Wildman–Crippen LogP) is 3.31. The van der Waals surface area contributed by atoms with Crippen molar-refractivity contribution < 1.29 is 17.9 Å². The van der Waals surface area contributed by atoms with Crippen LogP contribution in [-0.4, -0.2) is 38.8 Å². The molecule has 0 spiro atoms. The Morgan fingerprint density at radius 2 is 1.96 bits per heavy atom. The van der Waals surface area contributed by atoms with Gasteiger partial charge in [-0.2, -0.15) is 4.31 Å². The summed E-state index contributed by atoms with van der Waals surface area (Å²) in [5.74, 6) is -0.0357. The van der Waals surface area contributed by atoms with Gasteiger partial charge in [0, 0.05) is 12.2 Å². The number of anilines is 1. The van der Waals surface area contributed by atoms with E-state index in [1.165, 1.54) is 25.3 Å². The minimum Gasteiger partial charge on any atom is -0.495 e. The average molecular weight is 397 g/mol. The van der Waals surface area contributed by atoms with Crippen molar-refractivity contribution in [2.24, 2.45) is 0 Å². The third-order valence-corrected chi connectivity index (χ3v) is 5.95. The van der Waals surface area contributed by atoms with Gasteiger partial charge in [0.25, 0.3) is 0 Å². The molecule has 6 nitrogen and oxygen atoms in total. The van der Waals surface area contributed by atoms with Gasteiger partial charge in [0.15, 0.2) is 0 Å². The molecule has 0 fully saturated rings. The average Bonchev–Trinajstić information content (AvgIpc) is 2.59. The number of halogens is 1. The number of likely N-dealkylation sites (N-methyl/N-ethyl adjacent to an activating group) is 1. The number of amides is 1. The predicted molar refractivity (Wildman–Crippen MR) is 102 cm³/mol. The minimum absolute atomic E-state index is 0.00788. The molecule has 8 heteroatoms. The van der Waals surface area contributed by atoms with E-state index in [2.05, 4.69) is 5.32 Å². The van der Waals surface area contributed by atoms with Crippen LogP contribution in [0.5, 0.6) is 5.75 Å². The Balaban J connectivity index is 2.18. The van der Waals surface area contributed by atoms with Gasteiger partial charge in [0.05, 0.1) is 23.6 Å². The molecule has 2 aromatic carbocycles. The largest absolute Gasteiger partial charge is 0.495 e. The van der Waals surface area contributed by atoms with Crippen molar-refractivity contribution in [2.45, 2.75) is 18.7 Å². The summed E-state index contributed by atoms with van der Waals surface area (Å²) in [7, 11) is -2.41. The highest BCUT2D eigenvalue weighted by atomic mass is 35.5. The van der Waals surface area contributed by atoms with Crippen LogP contribution >= 0.6 is 11.6 Å². The molecule has 0 aliphatic heterocycles. The first-order valence-corrected chi connectivity index (χ1v) is 9.80. The van der Waals surface area contributed by atoms with Crippen molar-refractivity contribution in [3.8, 4) is 5.75 Å². The molecule has 0 aromatic heterocycles. The summed E-state index contributed by atoms with van der Waals surface area (Å²) in [6, 6.07) is 11.5. The van der Waals surface area contributed by atoms with Crippen LogP contribution in [0.3, 0.4) is 0 Å². The molecular weight excluding hydrogens is 376 g/mol. The smallest absolute Gasteiger partial charge is 0.243 e. The number of carbonyl (C=O) groups excluding carboxylic acids is 1. The Labute approximate surface area is 158 Å². The van der Waals surface area contributed by atoms with E-state index >= 15 is 0 Å². The first kappa shape index (κ1) is 20.2. The lowest BCUT2D eigenvalue weighted by Crippen LogP contribution is -2.37. The van der Waals surface area contributed by atoms with Gasteiger partial charge in [-0.15, -0.1) is 0 Å². The summed E-state index contributed by atoms with van der Waals surface area (Å²) in [4.78, 5) is 12.3. The second-order valence-corrected chi connectivity index (χ2v) is 7.99. The quantitative estimate of drug-likeness (QED) is 0.779. The monoisotopic (exact) mass is 396 g/mol. The van der Waals surface area contributed by atoms with Gasteiger partial charge < -0.3 is 10.1 Å². The number of hydrogen-bond acceptors (Lipinski definition) is 4. The van der Waals surface area contributed by atoms with Crippen molar-refractivity contribution in [2.75, 3.05) is 25.5 Å². The Morgan fingerprint density at radius 3 is 2.54 bits per heavy atom. The van der Waals surface area contributed by atoms with Crippen molar-refractivity contribution in [1.82, 2.24) is 4.31 Å². The zero-order valence-corrected chi connectivity index (χ0v) is 16.4. The molecule has 2 rings (SSSR count). The van der Waals surface area contributed by atoms with Gasteiger partial charge in [-0.1, -0.05) is 30.7 Å². The molecule has 0 saturated carbocycles. The number of hydrogen-bond donors (Lipinski definition) is 1. The summed E-state index contributed by atoms with van der Waals surface area (Å²) in [6.07, 6.45) is 0. The molecule has 1 amide bonds. The standard InChI is InChI=1S/C18H21ClN2O4S/c1-4-21(12-18(22)20-14-7-5-6-13(2)10-14)26(23,24)15-8-9-17(25-3)16(19)11-15/h5-11H,4,12H2,1-3H3,(H,20,22). The third-order valence-electron chi connectivity index (χ3n) is 3.74. The number of nitrogens with zero attached hydrogens (tertiary/aromatic N) is 1. The Kier molecular flexibility index (Phi) is 6.63. The van der Waals surface area contributed by atoms with Gasteiger partial charge in [-0.05, 0) is 42.8 Å². The van der Waals surface area contributed by atoms with Crippen LogP contribution in [0.15, 0.2) is 47.4 Å². The summed E-state index contributed by atoms with van der Waals surface area (Å²) in [5.41, 5.74) is 1.62. The highest BCUT2D eigenvalue weighted by Crippen LogP contribution is 2.28. The minimum atomic E-state index is -3.86. The maximum absolute atomic E-state index is 12.8. The van der Waals surface area contributed by atoms with E-state index in [1.807, 2.05) is 25.1 Å². The van der Waals surface area contributed by atoms with Crippen molar-refractivity contribution in [3.05, 3.63) is 53.1 Å². The van der Waals surface area contributed by atoms with E-state index in [-0.39, 0.29) is 23.0 Å². The first-order valence-electron chi connectivity index (χ1n) is 7.98. The second kappa shape index (κ2) is 8.53. The van der Waals surface area contributed by atoms with E-state index in [4.69, 9.17) is 16.3 Å². The van der Waals surface area contributed by atoms with E-state index in [0.29, 0.717) is 11.4 Å². The summed E-state index contributed by atoms with van der Waals surface area (Å²) < 4.78 is 31.7. The summed E-state index contributed by atoms with van der Waals surface area (Å²) in [6.45, 7) is 3.43. The third kappa shape index (κ3) is 4.75. The van der Waals surface area contributed by atoms with Crippen LogP contribution in [0, 0.1) is 6.92 Å². The van der Waals surface area contributed by atoms with Gasteiger partial charge in [-0.25, -0.2) is 8.42 Å². The maximum atomic E-state index is 12.8. The van der Waals surface area contributed by atoms with Gasteiger partial charge in [0.1, 0.15) is 5.75 Å². The van der Waals surface area contributed by atoms with E-state index < -0.39 is 15.9 Å². The van der Waals surface area contributed by atoms with Crippen LogP contribution in [0.25, 0.3) is 0 Å². The fourth-order valence-corrected chi connectivity index (χ4v) is 4.16. The van der Waals surface area contributed by atoms with E-state index in [1.54, 1.807) is 13.0 Å². The topological polar surface area (TPSA) is 75.7 Å². The van der Waals surface area contributed by atoms with Gasteiger partial charge >= 0.3 is 0 Å². The van der Waals surface area contributed by atoms with Crippen LogP contribution in [0.4, 0.5) is 5.69 Å². The number of nitrogens with one attached hydrogen (secondary N) is 1. The highest BCUT2D eigenvalue weighted by molar-refractivity contribution is 7.89. The lowest BCUT2D eigenvalue weighted by Gasteiger charge is -2.20. The molecular formula is C18H21ClN2O4S. The number of sulfonamides is 1. The molecule has 140 valence electrons. The zero-order valence-electron chi connectivity index (χ0n) is 14.8. The lowest BCUT2D eigenvalue weighted by atomic mass is 10.2. The molecule has 0 unspecified atom stereocenters. The molecule has 0 aliphatic carbocycles. The van der Waals surface area contributed by atoms with Gasteiger partial charge in [0.2, 0.25) is 15.9 Å². The maximum Gasteiger partial charge on any atom is 0.243 e. The van der Waals surface area contributed by atoms with Crippen LogP contribution in [0.1, 0.15) is 12.5 Å². The Hall–Kier alpha value is -2.09. The Bertz CT molecular complexity index is 900. The summed E-state index contributed by atoms with van der Waals surface area (Å²) >= 11 is 6.02. The van der Waals surface area contributed by atoms with E-state index in [9.17, 15) is 13.2 Å². The van der Waals surface area contributed by atoms with Crippen LogP contribution < -0.4 is 10.1 Å². The molecule has 0 radical (unpaired) electrons. The number of rotatable bonds is 7. The molecule has 0 atom stereocenters. The zero-order chi connectivity index (χ0) is 19.3. The van der Waals surface area contributed by atoms with E-state index in [0.717, 1.165) is 9.87 Å². The van der Waals surface area contributed by atoms with Crippen molar-refractivity contribution >= 4 is 33.2 Å². The first-order chi connectivity index (χ1) is 12.3. The fourth-order valence-electron chi connectivity index (χ4n) is 2.41. The number of benzene rings is 2. The molecule has 0 aliphatic rings. The lowest BCUT2D eigenvalue weighted by molar-refractivity contribution is -0.116. The fraction of sp³-hybridized carbons (Fsp3) is 0.278. The molecule has 0 saturated heterocycles. The molecule has 0 heterocycles. The number of aryl methyl sites for hydroxylation is 1. The van der Waals surface area contributed by atoms with Crippen molar-refractivity contribution in [1.29, 1.82) is 0 Å². The number of ether oxygens (including phenoxy) is 1. The molecule has 1 N–H and O–H groups in total. The normalized spacial score (nSPS) is 11.4. The molecule has 0 bridgehead atoms. The highest BCUT2D eigenvalue weighted by Gasteiger charge is 2.26. The summed E-state index contributed by atoms with van der Waals surface area (Å²) in [5, 5.41) is 2.90. The van der Waals surface area contributed by atoms with Crippen molar-refractivity contribution in [3.63, 3.8) is 0 Å². The Morgan fingerprint density at radius 1 is 1.23 bits per heavy atom. The van der Waals surface area contributed by atoms with Crippen LogP contribution in [0.2, 0.25) is 5.02 Å². The SMILES string of the molecule is CCN(CC(=O)Nc1cccc(C)c1)S(=O)(=O)c1ccc(OC)c(Cl)c1. The van der Waals surface area contributed by atoms with Gasteiger partial charge in [-0.3, -0.25) is 4.79 Å². The van der Waals surface area contributed by atoms with Crippen LogP contribution in [-0.2, 0) is 14.8 Å². The molecule has 26 heavy (non-hydrogen) atoms. The number of carbonyl (C=O) groups is 1. The number of methoxy groups -OCH3 is 1. The second-order valence-electron chi connectivity index (χ2n) is 5.65.